The van der Waals surface area contributed by atoms with Crippen molar-refractivity contribution in [3.8, 4) is 0 Å². The van der Waals surface area contributed by atoms with Gasteiger partial charge in [-0.1, -0.05) is 48.5 Å². The molecular weight excluding hydrogens is 284 g/mol. The maximum absolute atomic E-state index is 12.5. The number of aryl methyl sites for hydroxylation is 2. The van der Waals surface area contributed by atoms with Gasteiger partial charge in [0, 0.05) is 17.3 Å². The van der Waals surface area contributed by atoms with Crippen molar-refractivity contribution in [2.24, 2.45) is 0 Å². The molecule has 1 N–H and O–H groups in total. The van der Waals surface area contributed by atoms with Crippen molar-refractivity contribution in [2.45, 2.75) is 19.9 Å². The van der Waals surface area contributed by atoms with Crippen molar-refractivity contribution in [2.75, 3.05) is 5.32 Å². The average molecular weight is 304 g/mol. The Labute approximate surface area is 136 Å². The van der Waals surface area contributed by atoms with E-state index in [0.717, 1.165) is 27.1 Å². The minimum Gasteiger partial charge on any atom is -0.618 e. The van der Waals surface area contributed by atoms with Gasteiger partial charge in [-0.3, -0.25) is 0 Å². The second-order valence-electron chi connectivity index (χ2n) is 5.74. The van der Waals surface area contributed by atoms with E-state index in [-0.39, 0.29) is 6.04 Å². The predicted molar refractivity (Wildman–Crippen MR) is 93.2 cm³/mol. The SMILES string of the molecule is Cc1cc(C(Nc2ccccc2)c2ccccc2)[n+]([O-])cc1C. The third kappa shape index (κ3) is 3.34. The zero-order valence-corrected chi connectivity index (χ0v) is 13.4. The highest BCUT2D eigenvalue weighted by molar-refractivity contribution is 5.47. The Morgan fingerprint density at radius 2 is 1.48 bits per heavy atom. The molecule has 3 rings (SSSR count). The Morgan fingerprint density at radius 1 is 0.870 bits per heavy atom. The number of anilines is 1. The molecule has 1 heterocycles. The van der Waals surface area contributed by atoms with E-state index < -0.39 is 0 Å². The van der Waals surface area contributed by atoms with Gasteiger partial charge < -0.3 is 10.5 Å². The van der Waals surface area contributed by atoms with Crippen LogP contribution in [0.1, 0.15) is 28.4 Å². The van der Waals surface area contributed by atoms with Crippen LogP contribution in [0, 0.1) is 19.1 Å². The van der Waals surface area contributed by atoms with Crippen molar-refractivity contribution in [3.63, 3.8) is 0 Å². The summed E-state index contributed by atoms with van der Waals surface area (Å²) in [7, 11) is 0. The Balaban J connectivity index is 2.07. The van der Waals surface area contributed by atoms with Gasteiger partial charge >= 0.3 is 0 Å². The van der Waals surface area contributed by atoms with Crippen LogP contribution in [0.5, 0.6) is 0 Å². The highest BCUT2D eigenvalue weighted by Gasteiger charge is 2.22. The first-order valence-corrected chi connectivity index (χ1v) is 7.72. The summed E-state index contributed by atoms with van der Waals surface area (Å²) in [6.07, 6.45) is 1.65. The lowest BCUT2D eigenvalue weighted by atomic mass is 10.0. The van der Waals surface area contributed by atoms with Crippen molar-refractivity contribution in [3.05, 3.63) is 101 Å². The lowest BCUT2D eigenvalue weighted by Gasteiger charge is -2.20. The second-order valence-corrected chi connectivity index (χ2v) is 5.74. The van der Waals surface area contributed by atoms with Crippen LogP contribution < -0.4 is 10.0 Å². The molecule has 1 atom stereocenters. The molecule has 0 aliphatic heterocycles. The van der Waals surface area contributed by atoms with Gasteiger partial charge in [-0.25, -0.2) is 0 Å². The molecule has 0 amide bonds. The van der Waals surface area contributed by atoms with Crippen molar-refractivity contribution >= 4 is 5.69 Å². The van der Waals surface area contributed by atoms with E-state index in [2.05, 4.69) is 5.32 Å². The smallest absolute Gasteiger partial charge is 0.219 e. The number of nitrogens with one attached hydrogen (secondary N) is 1. The van der Waals surface area contributed by atoms with Crippen LogP contribution in [0.4, 0.5) is 5.69 Å². The molecule has 0 saturated carbocycles. The van der Waals surface area contributed by atoms with Crippen LogP contribution in [0.3, 0.4) is 0 Å². The number of hydrogen-bond donors (Lipinski definition) is 1. The summed E-state index contributed by atoms with van der Waals surface area (Å²) in [6.45, 7) is 3.99. The molecule has 0 aliphatic carbocycles. The number of aromatic nitrogens is 1. The summed E-state index contributed by atoms with van der Waals surface area (Å²) < 4.78 is 0.968. The number of rotatable bonds is 4. The number of hydrogen-bond acceptors (Lipinski definition) is 2. The molecule has 0 bridgehead atoms. The standard InChI is InChI=1S/C20H20N2O/c1-15-13-19(22(23)14-16(15)2)20(17-9-5-3-6-10-17)21-18-11-7-4-8-12-18/h3-14,20-21H,1-2H3. The van der Waals surface area contributed by atoms with E-state index in [1.165, 1.54) is 0 Å². The normalized spacial score (nSPS) is 11.9. The highest BCUT2D eigenvalue weighted by atomic mass is 16.5. The average Bonchev–Trinajstić information content (AvgIpc) is 2.58. The minimum atomic E-state index is -0.199. The molecule has 2 aromatic carbocycles. The topological polar surface area (TPSA) is 39.0 Å². The summed E-state index contributed by atoms with van der Waals surface area (Å²) in [5, 5.41) is 16.0. The molecule has 3 heteroatoms. The van der Waals surface area contributed by atoms with Gasteiger partial charge in [-0.05, 0) is 37.1 Å². The van der Waals surface area contributed by atoms with E-state index in [0.29, 0.717) is 5.69 Å². The van der Waals surface area contributed by atoms with Gasteiger partial charge in [0.15, 0.2) is 6.20 Å². The first kappa shape index (κ1) is 15.1. The van der Waals surface area contributed by atoms with E-state index in [4.69, 9.17) is 0 Å². The Kier molecular flexibility index (Phi) is 4.29. The van der Waals surface area contributed by atoms with Gasteiger partial charge in [0.1, 0.15) is 6.04 Å². The van der Waals surface area contributed by atoms with E-state index in [9.17, 15) is 5.21 Å². The van der Waals surface area contributed by atoms with Gasteiger partial charge in [-0.2, -0.15) is 4.73 Å². The lowest BCUT2D eigenvalue weighted by Crippen LogP contribution is -2.36. The fourth-order valence-corrected chi connectivity index (χ4v) is 2.64. The quantitative estimate of drug-likeness (QED) is 0.581. The molecule has 0 spiro atoms. The van der Waals surface area contributed by atoms with Gasteiger partial charge in [-0.15, -0.1) is 0 Å². The molecule has 3 aromatic rings. The molecule has 0 fully saturated rings. The van der Waals surface area contributed by atoms with Crippen molar-refractivity contribution < 1.29 is 4.73 Å². The maximum Gasteiger partial charge on any atom is 0.219 e. The summed E-state index contributed by atoms with van der Waals surface area (Å²) in [6, 6.07) is 21.8. The summed E-state index contributed by atoms with van der Waals surface area (Å²) >= 11 is 0. The first-order valence-electron chi connectivity index (χ1n) is 7.72. The van der Waals surface area contributed by atoms with Gasteiger partial charge in [0.25, 0.3) is 0 Å². The predicted octanol–water partition coefficient (Wildman–Crippen LogP) is 4.14. The number of benzene rings is 2. The Bertz CT molecular complexity index is 785. The fourth-order valence-electron chi connectivity index (χ4n) is 2.64. The van der Waals surface area contributed by atoms with Crippen LogP contribution in [0.15, 0.2) is 72.9 Å². The third-order valence-corrected chi connectivity index (χ3v) is 4.07. The zero-order valence-electron chi connectivity index (χ0n) is 13.4. The summed E-state index contributed by atoms with van der Waals surface area (Å²) in [4.78, 5) is 0. The second kappa shape index (κ2) is 6.53. The fraction of sp³-hybridized carbons (Fsp3) is 0.150. The van der Waals surface area contributed by atoms with Gasteiger partial charge in [0.2, 0.25) is 5.69 Å². The van der Waals surface area contributed by atoms with Crippen molar-refractivity contribution in [1.29, 1.82) is 0 Å². The lowest BCUT2D eigenvalue weighted by molar-refractivity contribution is -0.615. The minimum absolute atomic E-state index is 0.199. The number of pyridine rings is 1. The zero-order chi connectivity index (χ0) is 16.2. The largest absolute Gasteiger partial charge is 0.618 e. The third-order valence-electron chi connectivity index (χ3n) is 4.07. The molecular formula is C20H20N2O. The maximum atomic E-state index is 12.5. The molecule has 0 radical (unpaired) electrons. The first-order chi connectivity index (χ1) is 11.1. The van der Waals surface area contributed by atoms with E-state index in [1.807, 2.05) is 80.6 Å². The Morgan fingerprint density at radius 3 is 2.13 bits per heavy atom. The molecule has 1 aromatic heterocycles. The van der Waals surface area contributed by atoms with Crippen LogP contribution in [-0.2, 0) is 0 Å². The van der Waals surface area contributed by atoms with Crippen LogP contribution in [-0.4, -0.2) is 0 Å². The molecule has 1 unspecified atom stereocenters. The molecule has 116 valence electrons. The molecule has 0 saturated heterocycles. The van der Waals surface area contributed by atoms with E-state index in [1.54, 1.807) is 6.20 Å². The van der Waals surface area contributed by atoms with Gasteiger partial charge in [0.05, 0.1) is 0 Å². The molecule has 23 heavy (non-hydrogen) atoms. The van der Waals surface area contributed by atoms with Crippen LogP contribution in [0.2, 0.25) is 0 Å². The summed E-state index contributed by atoms with van der Waals surface area (Å²) in [5.41, 5.74) is 4.85. The number of nitrogens with zero attached hydrogens (tertiary/aromatic N) is 1. The highest BCUT2D eigenvalue weighted by Crippen LogP contribution is 2.25. The van der Waals surface area contributed by atoms with Crippen LogP contribution >= 0.6 is 0 Å². The Hall–Kier alpha value is -2.81. The molecule has 3 nitrogen and oxygen atoms in total. The number of para-hydroxylation sites is 1. The monoisotopic (exact) mass is 304 g/mol. The van der Waals surface area contributed by atoms with E-state index >= 15 is 0 Å². The molecule has 0 aliphatic rings. The van der Waals surface area contributed by atoms with Crippen molar-refractivity contribution in [1.82, 2.24) is 0 Å². The summed E-state index contributed by atoms with van der Waals surface area (Å²) in [5.74, 6) is 0. The van der Waals surface area contributed by atoms with Crippen LogP contribution in [0.25, 0.3) is 0 Å².